The lowest BCUT2D eigenvalue weighted by Gasteiger charge is -2.14. The highest BCUT2D eigenvalue weighted by Gasteiger charge is 2.24. The Morgan fingerprint density at radius 1 is 1.47 bits per heavy atom. The number of nitrogens with one attached hydrogen (secondary N) is 2. The highest BCUT2D eigenvalue weighted by Crippen LogP contribution is 2.03. The number of carbonyl (C=O) groups is 1. The topological polar surface area (TPSA) is 44.4 Å². The number of rotatable bonds is 7. The van der Waals surface area contributed by atoms with Crippen LogP contribution in [0.25, 0.3) is 0 Å². The van der Waals surface area contributed by atoms with Crippen molar-refractivity contribution in [2.75, 3.05) is 26.2 Å². The summed E-state index contributed by atoms with van der Waals surface area (Å²) in [5, 5.41) is 6.27. The van der Waals surface area contributed by atoms with Crippen LogP contribution in [0.4, 0.5) is 4.79 Å². The van der Waals surface area contributed by atoms with Crippen molar-refractivity contribution in [2.24, 2.45) is 0 Å². The van der Waals surface area contributed by atoms with Crippen LogP contribution in [-0.2, 0) is 0 Å². The molecule has 1 unspecified atom stereocenters. The monoisotopic (exact) mass is 213 g/mol. The van der Waals surface area contributed by atoms with Gasteiger partial charge in [-0.25, -0.2) is 4.79 Å². The molecule has 0 bridgehead atoms. The fourth-order valence-electron chi connectivity index (χ4n) is 1.78. The van der Waals surface area contributed by atoms with E-state index in [1.807, 2.05) is 11.8 Å². The molecule has 0 aromatic rings. The molecule has 1 fully saturated rings. The fourth-order valence-corrected chi connectivity index (χ4v) is 1.78. The highest BCUT2D eigenvalue weighted by molar-refractivity contribution is 5.76. The molecular formula is C11H23N3O. The standard InChI is InChI=1S/C11H23N3O/c1-3-4-6-12-7-5-8-14-9-10(2)13-11(14)15/h10,12H,3-9H2,1-2H3,(H,13,15). The summed E-state index contributed by atoms with van der Waals surface area (Å²) in [7, 11) is 0. The van der Waals surface area contributed by atoms with E-state index in [0.29, 0.717) is 6.04 Å². The molecule has 2 N–H and O–H groups in total. The van der Waals surface area contributed by atoms with Gasteiger partial charge in [0.1, 0.15) is 0 Å². The third-order valence-corrected chi connectivity index (χ3v) is 2.64. The van der Waals surface area contributed by atoms with Crippen LogP contribution < -0.4 is 10.6 Å². The van der Waals surface area contributed by atoms with Gasteiger partial charge in [-0.05, 0) is 32.9 Å². The number of nitrogens with zero attached hydrogens (tertiary/aromatic N) is 1. The molecule has 1 aliphatic heterocycles. The van der Waals surface area contributed by atoms with Crippen LogP contribution in [0.3, 0.4) is 0 Å². The summed E-state index contributed by atoms with van der Waals surface area (Å²) in [6.45, 7) is 8.06. The van der Waals surface area contributed by atoms with Crippen LogP contribution in [0.2, 0.25) is 0 Å². The quantitative estimate of drug-likeness (QED) is 0.624. The lowest BCUT2D eigenvalue weighted by atomic mass is 10.3. The third-order valence-electron chi connectivity index (χ3n) is 2.64. The van der Waals surface area contributed by atoms with Crippen LogP contribution in [0, 0.1) is 0 Å². The second-order valence-corrected chi connectivity index (χ2v) is 4.25. The van der Waals surface area contributed by atoms with E-state index >= 15 is 0 Å². The normalized spacial score (nSPS) is 20.8. The summed E-state index contributed by atoms with van der Waals surface area (Å²) in [4.78, 5) is 13.2. The summed E-state index contributed by atoms with van der Waals surface area (Å²) in [5.74, 6) is 0. The Labute approximate surface area is 92.4 Å². The van der Waals surface area contributed by atoms with Gasteiger partial charge in [0.25, 0.3) is 0 Å². The summed E-state index contributed by atoms with van der Waals surface area (Å²) in [5.41, 5.74) is 0. The van der Waals surface area contributed by atoms with E-state index in [4.69, 9.17) is 0 Å². The van der Waals surface area contributed by atoms with Crippen LogP contribution in [-0.4, -0.2) is 43.2 Å². The van der Waals surface area contributed by atoms with Gasteiger partial charge >= 0.3 is 6.03 Å². The van der Waals surface area contributed by atoms with Crippen molar-refractivity contribution >= 4 is 6.03 Å². The van der Waals surface area contributed by atoms with E-state index in [1.54, 1.807) is 0 Å². The molecule has 1 rings (SSSR count). The smallest absolute Gasteiger partial charge is 0.317 e. The Kier molecular flexibility index (Phi) is 5.47. The highest BCUT2D eigenvalue weighted by atomic mass is 16.2. The van der Waals surface area contributed by atoms with Crippen LogP contribution >= 0.6 is 0 Å². The van der Waals surface area contributed by atoms with Crippen molar-refractivity contribution in [1.29, 1.82) is 0 Å². The molecule has 0 saturated carbocycles. The third kappa shape index (κ3) is 4.51. The Morgan fingerprint density at radius 2 is 2.20 bits per heavy atom. The molecule has 15 heavy (non-hydrogen) atoms. The van der Waals surface area contributed by atoms with Crippen molar-refractivity contribution in [3.63, 3.8) is 0 Å². The van der Waals surface area contributed by atoms with Crippen LogP contribution in [0.5, 0.6) is 0 Å². The van der Waals surface area contributed by atoms with Gasteiger partial charge in [0.2, 0.25) is 0 Å². The number of hydrogen-bond acceptors (Lipinski definition) is 2. The minimum atomic E-state index is 0.0936. The first-order valence-corrected chi connectivity index (χ1v) is 6.00. The van der Waals surface area contributed by atoms with Gasteiger partial charge in [0.15, 0.2) is 0 Å². The first-order chi connectivity index (χ1) is 7.24. The first kappa shape index (κ1) is 12.3. The summed E-state index contributed by atoms with van der Waals surface area (Å²) in [6.07, 6.45) is 3.52. The maximum atomic E-state index is 11.3. The van der Waals surface area contributed by atoms with Gasteiger partial charge in [-0.1, -0.05) is 13.3 Å². The van der Waals surface area contributed by atoms with Gasteiger partial charge < -0.3 is 15.5 Å². The molecule has 0 aliphatic carbocycles. The van der Waals surface area contributed by atoms with Gasteiger partial charge in [-0.2, -0.15) is 0 Å². The van der Waals surface area contributed by atoms with Crippen molar-refractivity contribution in [3.05, 3.63) is 0 Å². The molecule has 4 nitrogen and oxygen atoms in total. The van der Waals surface area contributed by atoms with Crippen LogP contribution in [0.15, 0.2) is 0 Å². The van der Waals surface area contributed by atoms with Crippen molar-refractivity contribution in [3.8, 4) is 0 Å². The molecule has 4 heteroatoms. The average Bonchev–Trinajstić information content (AvgIpc) is 2.51. The molecular weight excluding hydrogens is 190 g/mol. The Hall–Kier alpha value is -0.770. The van der Waals surface area contributed by atoms with E-state index < -0.39 is 0 Å². The van der Waals surface area contributed by atoms with Crippen LogP contribution in [0.1, 0.15) is 33.1 Å². The summed E-state index contributed by atoms with van der Waals surface area (Å²) >= 11 is 0. The Morgan fingerprint density at radius 3 is 2.80 bits per heavy atom. The number of carbonyl (C=O) groups excluding carboxylic acids is 1. The van der Waals surface area contributed by atoms with Gasteiger partial charge in [-0.15, -0.1) is 0 Å². The second-order valence-electron chi connectivity index (χ2n) is 4.25. The zero-order chi connectivity index (χ0) is 11.1. The second kappa shape index (κ2) is 6.67. The molecule has 88 valence electrons. The maximum absolute atomic E-state index is 11.3. The summed E-state index contributed by atoms with van der Waals surface area (Å²) in [6, 6.07) is 0.404. The van der Waals surface area contributed by atoms with Gasteiger partial charge in [-0.3, -0.25) is 0 Å². The predicted octanol–water partition coefficient (Wildman–Crippen LogP) is 1.18. The number of hydrogen-bond donors (Lipinski definition) is 2. The predicted molar refractivity (Wildman–Crippen MR) is 62.0 cm³/mol. The maximum Gasteiger partial charge on any atom is 0.317 e. The Balaban J connectivity index is 1.98. The van der Waals surface area contributed by atoms with Crippen molar-refractivity contribution < 1.29 is 4.79 Å². The molecule has 1 aliphatic rings. The van der Waals surface area contributed by atoms with E-state index in [9.17, 15) is 4.79 Å². The molecule has 1 saturated heterocycles. The molecule has 0 aromatic carbocycles. The first-order valence-electron chi connectivity index (χ1n) is 6.00. The zero-order valence-electron chi connectivity index (χ0n) is 9.88. The lowest BCUT2D eigenvalue weighted by molar-refractivity contribution is 0.216. The number of amides is 2. The average molecular weight is 213 g/mol. The van der Waals surface area contributed by atoms with E-state index in [2.05, 4.69) is 17.6 Å². The Bertz CT molecular complexity index is 196. The largest absolute Gasteiger partial charge is 0.334 e. The SMILES string of the molecule is CCCCNCCCN1CC(C)NC1=O. The fraction of sp³-hybridized carbons (Fsp3) is 0.909. The molecule has 1 atom stereocenters. The van der Waals surface area contributed by atoms with Gasteiger partial charge in [0.05, 0.1) is 0 Å². The number of urea groups is 1. The minimum absolute atomic E-state index is 0.0936. The van der Waals surface area contributed by atoms with E-state index in [1.165, 1.54) is 12.8 Å². The molecule has 0 aromatic heterocycles. The number of unbranched alkanes of at least 4 members (excludes halogenated alkanes) is 1. The van der Waals surface area contributed by atoms with Gasteiger partial charge in [0, 0.05) is 19.1 Å². The lowest BCUT2D eigenvalue weighted by Crippen LogP contribution is -2.31. The minimum Gasteiger partial charge on any atom is -0.334 e. The molecule has 0 radical (unpaired) electrons. The molecule has 2 amide bonds. The summed E-state index contributed by atoms with van der Waals surface area (Å²) < 4.78 is 0. The van der Waals surface area contributed by atoms with Crippen molar-refractivity contribution in [2.45, 2.75) is 39.2 Å². The van der Waals surface area contributed by atoms with E-state index in [-0.39, 0.29) is 6.03 Å². The van der Waals surface area contributed by atoms with E-state index in [0.717, 1.165) is 32.6 Å². The molecule has 1 heterocycles. The molecule has 0 spiro atoms. The van der Waals surface area contributed by atoms with Crippen molar-refractivity contribution in [1.82, 2.24) is 15.5 Å². The zero-order valence-corrected chi connectivity index (χ0v) is 9.88.